The largest absolute Gasteiger partial charge is 0.312 e. The quantitative estimate of drug-likeness (QED) is 0.845. The number of nitrogens with one attached hydrogen (secondary N) is 2. The lowest BCUT2D eigenvalue weighted by atomic mass is 9.86. The molecule has 0 radical (unpaired) electrons. The van der Waals surface area contributed by atoms with Gasteiger partial charge in [-0.1, -0.05) is 45.0 Å². The van der Waals surface area contributed by atoms with Gasteiger partial charge in [0, 0.05) is 36.3 Å². The normalized spacial score (nSPS) is 14.6. The summed E-state index contributed by atoms with van der Waals surface area (Å²) in [5.41, 5.74) is 6.48. The monoisotopic (exact) mass is 291 g/mol. The van der Waals surface area contributed by atoms with Crippen molar-refractivity contribution in [1.82, 2.24) is 15.5 Å². The fraction of sp³-hybridized carbons (Fsp3) is 0.438. The van der Waals surface area contributed by atoms with Crippen LogP contribution in [-0.4, -0.2) is 16.7 Å². The molecule has 4 heteroatoms. The topological polar surface area (TPSA) is 40.7 Å². The van der Waals surface area contributed by atoms with Crippen molar-refractivity contribution < 1.29 is 0 Å². The average Bonchev–Trinajstić information content (AvgIpc) is 2.82. The highest BCUT2D eigenvalue weighted by atomic mass is 35.5. The molecule has 108 valence electrons. The number of hydrogen-bond donors (Lipinski definition) is 2. The summed E-state index contributed by atoms with van der Waals surface area (Å²) in [6, 6.07) is 8.80. The number of aromatic amines is 1. The van der Waals surface area contributed by atoms with Gasteiger partial charge in [0.15, 0.2) is 0 Å². The summed E-state index contributed by atoms with van der Waals surface area (Å²) in [5, 5.41) is 11.1. The summed E-state index contributed by atoms with van der Waals surface area (Å²) in [7, 11) is 0. The first-order chi connectivity index (χ1) is 9.05. The number of nitrogens with zero attached hydrogens (tertiary/aromatic N) is 1. The van der Waals surface area contributed by atoms with Crippen molar-refractivity contribution in [1.29, 1.82) is 0 Å². The minimum absolute atomic E-state index is 0. The van der Waals surface area contributed by atoms with E-state index in [1.807, 2.05) is 0 Å². The second kappa shape index (κ2) is 5.58. The van der Waals surface area contributed by atoms with Crippen LogP contribution in [0.4, 0.5) is 0 Å². The highest BCUT2D eigenvalue weighted by molar-refractivity contribution is 5.85. The van der Waals surface area contributed by atoms with Crippen LogP contribution >= 0.6 is 12.4 Å². The van der Waals surface area contributed by atoms with E-state index in [1.165, 1.54) is 22.4 Å². The van der Waals surface area contributed by atoms with Crippen LogP contribution in [0.5, 0.6) is 0 Å². The van der Waals surface area contributed by atoms with Crippen molar-refractivity contribution in [2.24, 2.45) is 0 Å². The number of aromatic nitrogens is 2. The maximum atomic E-state index is 4.49. The van der Waals surface area contributed by atoms with Crippen LogP contribution in [-0.2, 0) is 18.4 Å². The summed E-state index contributed by atoms with van der Waals surface area (Å²) in [6.07, 6.45) is 1.04. The maximum Gasteiger partial charge on any atom is 0.0968 e. The summed E-state index contributed by atoms with van der Waals surface area (Å²) in [4.78, 5) is 0. The molecule has 1 aromatic carbocycles. The fourth-order valence-electron chi connectivity index (χ4n) is 2.59. The Kier molecular flexibility index (Phi) is 4.21. The van der Waals surface area contributed by atoms with E-state index in [1.54, 1.807) is 0 Å². The molecule has 0 saturated carbocycles. The van der Waals surface area contributed by atoms with E-state index in [0.717, 1.165) is 25.2 Å². The lowest BCUT2D eigenvalue weighted by Crippen LogP contribution is -2.23. The zero-order valence-corrected chi connectivity index (χ0v) is 13.1. The molecule has 1 aliphatic heterocycles. The predicted molar refractivity (Wildman–Crippen MR) is 85.4 cm³/mol. The van der Waals surface area contributed by atoms with Crippen molar-refractivity contribution in [2.75, 3.05) is 6.54 Å². The van der Waals surface area contributed by atoms with Crippen LogP contribution in [0.15, 0.2) is 24.3 Å². The first kappa shape index (κ1) is 15.1. The summed E-state index contributed by atoms with van der Waals surface area (Å²) in [5.74, 6) is 0. The molecule has 0 bridgehead atoms. The molecule has 20 heavy (non-hydrogen) atoms. The van der Waals surface area contributed by atoms with Gasteiger partial charge in [-0.25, -0.2) is 0 Å². The van der Waals surface area contributed by atoms with Gasteiger partial charge < -0.3 is 5.32 Å². The maximum absolute atomic E-state index is 4.49. The molecular formula is C16H22ClN3. The molecule has 0 saturated heterocycles. The molecule has 0 aliphatic carbocycles. The van der Waals surface area contributed by atoms with E-state index in [2.05, 4.69) is 60.6 Å². The van der Waals surface area contributed by atoms with E-state index >= 15 is 0 Å². The van der Waals surface area contributed by atoms with Crippen molar-refractivity contribution in [3.8, 4) is 11.3 Å². The van der Waals surface area contributed by atoms with Gasteiger partial charge in [-0.05, 0) is 11.0 Å². The zero-order valence-electron chi connectivity index (χ0n) is 12.3. The number of halogens is 1. The Morgan fingerprint density at radius 3 is 2.45 bits per heavy atom. The Labute approximate surface area is 126 Å². The Balaban J connectivity index is 0.00000147. The molecule has 0 amide bonds. The second-order valence-electron chi connectivity index (χ2n) is 6.28. The van der Waals surface area contributed by atoms with Crippen LogP contribution in [0.2, 0.25) is 0 Å². The third-order valence-corrected chi connectivity index (χ3v) is 3.83. The van der Waals surface area contributed by atoms with Crippen molar-refractivity contribution in [3.63, 3.8) is 0 Å². The molecule has 0 atom stereocenters. The minimum atomic E-state index is 0. The van der Waals surface area contributed by atoms with E-state index in [0.29, 0.717) is 0 Å². The van der Waals surface area contributed by atoms with Crippen LogP contribution in [0, 0.1) is 0 Å². The highest BCUT2D eigenvalue weighted by Crippen LogP contribution is 2.28. The van der Waals surface area contributed by atoms with E-state index in [-0.39, 0.29) is 17.8 Å². The molecule has 0 fully saturated rings. The molecule has 0 unspecified atom stereocenters. The number of H-pyrrole nitrogens is 1. The van der Waals surface area contributed by atoms with Gasteiger partial charge in [0.25, 0.3) is 0 Å². The van der Waals surface area contributed by atoms with Crippen molar-refractivity contribution >= 4 is 12.4 Å². The molecule has 3 nitrogen and oxygen atoms in total. The third kappa shape index (κ3) is 2.74. The average molecular weight is 292 g/mol. The van der Waals surface area contributed by atoms with Crippen LogP contribution in [0.1, 0.15) is 37.6 Å². The molecule has 1 aliphatic rings. The van der Waals surface area contributed by atoms with Gasteiger partial charge in [0.2, 0.25) is 0 Å². The zero-order chi connectivity index (χ0) is 13.5. The summed E-state index contributed by atoms with van der Waals surface area (Å²) in [6.45, 7) is 8.67. The first-order valence-electron chi connectivity index (χ1n) is 6.93. The number of benzene rings is 1. The smallest absolute Gasteiger partial charge is 0.0968 e. The van der Waals surface area contributed by atoms with E-state index in [9.17, 15) is 0 Å². The molecular weight excluding hydrogens is 270 g/mol. The second-order valence-corrected chi connectivity index (χ2v) is 6.28. The van der Waals surface area contributed by atoms with E-state index in [4.69, 9.17) is 0 Å². The fourth-order valence-corrected chi connectivity index (χ4v) is 2.59. The summed E-state index contributed by atoms with van der Waals surface area (Å²) >= 11 is 0. The number of fused-ring (bicyclic) bond motifs is 1. The Bertz CT molecular complexity index is 579. The van der Waals surface area contributed by atoms with Crippen LogP contribution in [0.25, 0.3) is 11.3 Å². The number of hydrogen-bond acceptors (Lipinski definition) is 2. The Morgan fingerprint density at radius 1 is 1.10 bits per heavy atom. The minimum Gasteiger partial charge on any atom is -0.312 e. The molecule has 1 aromatic heterocycles. The van der Waals surface area contributed by atoms with Crippen molar-refractivity contribution in [3.05, 3.63) is 41.1 Å². The highest BCUT2D eigenvalue weighted by Gasteiger charge is 2.18. The van der Waals surface area contributed by atoms with Gasteiger partial charge in [-0.15, -0.1) is 12.4 Å². The molecule has 2 heterocycles. The molecule has 2 aromatic rings. The standard InChI is InChI=1S/C16H21N3.ClH/c1-16(2,3)12-6-4-11(5-7-12)15-13-10-17-9-8-14(13)18-19-15;/h4-7,17H,8-10H2,1-3H3,(H,18,19);1H. The Morgan fingerprint density at radius 2 is 1.80 bits per heavy atom. The van der Waals surface area contributed by atoms with Gasteiger partial charge in [-0.3, -0.25) is 5.10 Å². The lowest BCUT2D eigenvalue weighted by molar-refractivity contribution is 0.590. The SMILES string of the molecule is CC(C)(C)c1ccc(-c2n[nH]c3c2CNCC3)cc1.Cl. The van der Waals surface area contributed by atoms with E-state index < -0.39 is 0 Å². The van der Waals surface area contributed by atoms with Gasteiger partial charge in [0.05, 0.1) is 5.69 Å². The van der Waals surface area contributed by atoms with Crippen LogP contribution in [0.3, 0.4) is 0 Å². The third-order valence-electron chi connectivity index (χ3n) is 3.83. The number of rotatable bonds is 1. The summed E-state index contributed by atoms with van der Waals surface area (Å²) < 4.78 is 0. The van der Waals surface area contributed by atoms with Crippen molar-refractivity contribution in [2.45, 2.75) is 39.2 Å². The first-order valence-corrected chi connectivity index (χ1v) is 6.93. The molecule has 0 spiro atoms. The lowest BCUT2D eigenvalue weighted by Gasteiger charge is -2.19. The van der Waals surface area contributed by atoms with Gasteiger partial charge in [-0.2, -0.15) is 5.10 Å². The van der Waals surface area contributed by atoms with Crippen LogP contribution < -0.4 is 5.32 Å². The Hall–Kier alpha value is -1.32. The molecule has 3 rings (SSSR count). The predicted octanol–water partition coefficient (Wildman–Crippen LogP) is 3.44. The van der Waals surface area contributed by atoms with Gasteiger partial charge >= 0.3 is 0 Å². The molecule has 2 N–H and O–H groups in total. The van der Waals surface area contributed by atoms with Gasteiger partial charge in [0.1, 0.15) is 0 Å².